The molecule has 7 nitrogen and oxygen atoms in total. The van der Waals surface area contributed by atoms with Gasteiger partial charge in [0, 0.05) is 25.0 Å². The van der Waals surface area contributed by atoms with Crippen LogP contribution in [0.3, 0.4) is 0 Å². The van der Waals surface area contributed by atoms with Crippen LogP contribution in [0.4, 0.5) is 5.69 Å². The largest absolute Gasteiger partial charge is 0.395 e. The molecule has 1 unspecified atom stereocenters. The monoisotopic (exact) mass is 323 g/mol. The lowest BCUT2D eigenvalue weighted by Crippen LogP contribution is -2.30. The summed E-state index contributed by atoms with van der Waals surface area (Å²) in [7, 11) is 0. The molecule has 0 aliphatic carbocycles. The van der Waals surface area contributed by atoms with Crippen LogP contribution < -0.4 is 10.6 Å². The molecule has 8 heteroatoms. The number of anilines is 1. The molecule has 2 aromatic rings. The van der Waals surface area contributed by atoms with Crippen molar-refractivity contribution in [1.82, 2.24) is 20.1 Å². The number of nitrogens with one attached hydrogen (secondary N) is 2. The zero-order valence-corrected chi connectivity index (χ0v) is 12.9. The zero-order chi connectivity index (χ0) is 15.9. The predicted molar refractivity (Wildman–Crippen MR) is 83.6 cm³/mol. The van der Waals surface area contributed by atoms with Gasteiger partial charge in [0.1, 0.15) is 11.7 Å². The third-order valence-corrected chi connectivity index (χ3v) is 3.21. The molecule has 2 rings (SSSR count). The average molecular weight is 324 g/mol. The maximum atomic E-state index is 11.5. The number of carbonyl (C=O) groups excluding carboxylic acids is 1. The molecule has 0 aliphatic heterocycles. The standard InChI is InChI=1S/C14H18ClN5O2/c1-10(11-2-3-16-13(15)6-11)19-12-7-18-20(8-12)9-14(22)17-4-5-21/h2-3,6-8,10,19,21H,4-5,9H2,1H3,(H,17,22). The van der Waals surface area contributed by atoms with Gasteiger partial charge in [-0.05, 0) is 24.6 Å². The first-order valence-corrected chi connectivity index (χ1v) is 7.24. The lowest BCUT2D eigenvalue weighted by atomic mass is 10.1. The third-order valence-electron chi connectivity index (χ3n) is 3.01. The van der Waals surface area contributed by atoms with Crippen molar-refractivity contribution >= 4 is 23.2 Å². The molecule has 0 fully saturated rings. The van der Waals surface area contributed by atoms with Crippen LogP contribution in [0, 0.1) is 0 Å². The maximum Gasteiger partial charge on any atom is 0.241 e. The smallest absolute Gasteiger partial charge is 0.241 e. The van der Waals surface area contributed by atoms with Crippen LogP contribution in [-0.2, 0) is 11.3 Å². The Bertz CT molecular complexity index is 631. The average Bonchev–Trinajstić information content (AvgIpc) is 2.92. The Balaban J connectivity index is 1.92. The molecule has 118 valence electrons. The molecule has 0 saturated carbocycles. The van der Waals surface area contributed by atoms with Gasteiger partial charge in [0.25, 0.3) is 0 Å². The van der Waals surface area contributed by atoms with E-state index in [1.165, 1.54) is 4.68 Å². The molecular weight excluding hydrogens is 306 g/mol. The van der Waals surface area contributed by atoms with Gasteiger partial charge in [0.15, 0.2) is 0 Å². The van der Waals surface area contributed by atoms with E-state index in [2.05, 4.69) is 20.7 Å². The molecule has 22 heavy (non-hydrogen) atoms. The fourth-order valence-corrected chi connectivity index (χ4v) is 2.13. The van der Waals surface area contributed by atoms with Crippen molar-refractivity contribution < 1.29 is 9.90 Å². The first-order chi connectivity index (χ1) is 10.6. The van der Waals surface area contributed by atoms with Gasteiger partial charge in [-0.25, -0.2) is 4.98 Å². The Kier molecular flexibility index (Phi) is 5.74. The van der Waals surface area contributed by atoms with Crippen LogP contribution in [0.5, 0.6) is 0 Å². The molecule has 3 N–H and O–H groups in total. The summed E-state index contributed by atoms with van der Waals surface area (Å²) in [6.45, 7) is 2.27. The number of hydrogen-bond donors (Lipinski definition) is 3. The molecular formula is C14H18ClN5O2. The SMILES string of the molecule is CC(Nc1cnn(CC(=O)NCCO)c1)c1ccnc(Cl)c1. The second-order valence-electron chi connectivity index (χ2n) is 4.78. The zero-order valence-electron chi connectivity index (χ0n) is 12.2. The minimum Gasteiger partial charge on any atom is -0.395 e. The van der Waals surface area contributed by atoms with E-state index in [0.29, 0.717) is 5.15 Å². The summed E-state index contributed by atoms with van der Waals surface area (Å²) in [5.74, 6) is -0.197. The third kappa shape index (κ3) is 4.71. The van der Waals surface area contributed by atoms with Crippen LogP contribution in [-0.4, -0.2) is 38.9 Å². The fraction of sp³-hybridized carbons (Fsp3) is 0.357. The highest BCUT2D eigenvalue weighted by Gasteiger charge is 2.09. The highest BCUT2D eigenvalue weighted by atomic mass is 35.5. The van der Waals surface area contributed by atoms with Crippen LogP contribution in [0.1, 0.15) is 18.5 Å². The normalized spacial score (nSPS) is 12.0. The van der Waals surface area contributed by atoms with Crippen molar-refractivity contribution in [3.05, 3.63) is 41.4 Å². The summed E-state index contributed by atoms with van der Waals surface area (Å²) in [6.07, 6.45) is 5.06. The molecule has 2 heterocycles. The summed E-state index contributed by atoms with van der Waals surface area (Å²) in [5, 5.41) is 19.1. The molecule has 1 amide bonds. The Hall–Kier alpha value is -2.12. The summed E-state index contributed by atoms with van der Waals surface area (Å²) in [4.78, 5) is 15.5. The van der Waals surface area contributed by atoms with Gasteiger partial charge in [0.05, 0.1) is 18.5 Å². The first kappa shape index (κ1) is 16.3. The summed E-state index contributed by atoms with van der Waals surface area (Å²) in [6, 6.07) is 3.71. The van der Waals surface area contributed by atoms with Gasteiger partial charge in [0.2, 0.25) is 5.91 Å². The van der Waals surface area contributed by atoms with Crippen LogP contribution in [0.2, 0.25) is 5.15 Å². The predicted octanol–water partition coefficient (Wildman–Crippen LogP) is 1.21. The molecule has 0 bridgehead atoms. The van der Waals surface area contributed by atoms with E-state index in [0.717, 1.165) is 11.3 Å². The summed E-state index contributed by atoms with van der Waals surface area (Å²) < 4.78 is 1.53. The van der Waals surface area contributed by atoms with Crippen molar-refractivity contribution in [3.63, 3.8) is 0 Å². The van der Waals surface area contributed by atoms with Gasteiger partial charge < -0.3 is 15.7 Å². The van der Waals surface area contributed by atoms with E-state index in [4.69, 9.17) is 16.7 Å². The van der Waals surface area contributed by atoms with Gasteiger partial charge in [-0.15, -0.1) is 0 Å². The Morgan fingerprint density at radius 1 is 1.55 bits per heavy atom. The highest BCUT2D eigenvalue weighted by Crippen LogP contribution is 2.20. The molecule has 2 aromatic heterocycles. The summed E-state index contributed by atoms with van der Waals surface area (Å²) >= 11 is 5.88. The number of halogens is 1. The number of pyridine rings is 1. The number of aromatic nitrogens is 3. The van der Waals surface area contributed by atoms with Crippen molar-refractivity contribution in [1.29, 1.82) is 0 Å². The number of rotatable bonds is 7. The highest BCUT2D eigenvalue weighted by molar-refractivity contribution is 6.29. The Morgan fingerprint density at radius 3 is 3.09 bits per heavy atom. The molecule has 0 radical (unpaired) electrons. The maximum absolute atomic E-state index is 11.5. The summed E-state index contributed by atoms with van der Waals surface area (Å²) in [5.41, 5.74) is 1.81. The molecule has 1 atom stereocenters. The number of nitrogens with zero attached hydrogens (tertiary/aromatic N) is 3. The Morgan fingerprint density at radius 2 is 2.36 bits per heavy atom. The number of aliphatic hydroxyl groups is 1. The van der Waals surface area contributed by atoms with Gasteiger partial charge in [-0.2, -0.15) is 5.10 Å². The van der Waals surface area contributed by atoms with Crippen LogP contribution in [0.25, 0.3) is 0 Å². The minimum atomic E-state index is -0.197. The van der Waals surface area contributed by atoms with E-state index >= 15 is 0 Å². The lowest BCUT2D eigenvalue weighted by molar-refractivity contribution is -0.122. The fourth-order valence-electron chi connectivity index (χ4n) is 1.94. The topological polar surface area (TPSA) is 92.1 Å². The second-order valence-corrected chi connectivity index (χ2v) is 5.17. The van der Waals surface area contributed by atoms with E-state index in [1.54, 1.807) is 24.7 Å². The van der Waals surface area contributed by atoms with Crippen molar-refractivity contribution in [3.8, 4) is 0 Å². The number of amides is 1. The number of hydrogen-bond acceptors (Lipinski definition) is 5. The van der Waals surface area contributed by atoms with E-state index < -0.39 is 0 Å². The first-order valence-electron chi connectivity index (χ1n) is 6.86. The van der Waals surface area contributed by atoms with Gasteiger partial charge >= 0.3 is 0 Å². The molecule has 0 aromatic carbocycles. The van der Waals surface area contributed by atoms with Gasteiger partial charge in [-0.1, -0.05) is 11.6 Å². The number of aliphatic hydroxyl groups excluding tert-OH is 1. The van der Waals surface area contributed by atoms with Crippen molar-refractivity contribution in [2.75, 3.05) is 18.5 Å². The van der Waals surface area contributed by atoms with Crippen molar-refractivity contribution in [2.45, 2.75) is 19.5 Å². The van der Waals surface area contributed by atoms with Crippen LogP contribution in [0.15, 0.2) is 30.7 Å². The molecule has 0 aliphatic rings. The van der Waals surface area contributed by atoms with E-state index in [1.807, 2.05) is 13.0 Å². The molecule has 0 saturated heterocycles. The van der Waals surface area contributed by atoms with E-state index in [9.17, 15) is 4.79 Å². The van der Waals surface area contributed by atoms with E-state index in [-0.39, 0.29) is 31.6 Å². The number of carbonyl (C=O) groups is 1. The van der Waals surface area contributed by atoms with Gasteiger partial charge in [-0.3, -0.25) is 9.48 Å². The second kappa shape index (κ2) is 7.77. The quantitative estimate of drug-likeness (QED) is 0.666. The molecule has 0 spiro atoms. The lowest BCUT2D eigenvalue weighted by Gasteiger charge is -2.13. The van der Waals surface area contributed by atoms with Crippen molar-refractivity contribution in [2.24, 2.45) is 0 Å². The van der Waals surface area contributed by atoms with Crippen LogP contribution >= 0.6 is 11.6 Å². The minimum absolute atomic E-state index is 0.0290. The Labute approximate surface area is 133 Å².